The molecule has 0 spiro atoms. The molecule has 1 aliphatic rings. The third-order valence-corrected chi connectivity index (χ3v) is 3.53. The van der Waals surface area contributed by atoms with Crippen LogP contribution in [0.4, 0.5) is 18.9 Å². The lowest BCUT2D eigenvalue weighted by Crippen LogP contribution is -2.51. The van der Waals surface area contributed by atoms with Crippen molar-refractivity contribution in [2.24, 2.45) is 10.7 Å². The molecule has 0 aliphatic carbocycles. The van der Waals surface area contributed by atoms with Gasteiger partial charge in [0.1, 0.15) is 0 Å². The fourth-order valence-corrected chi connectivity index (χ4v) is 2.42. The average Bonchev–Trinajstić information content (AvgIpc) is 2.46. The van der Waals surface area contributed by atoms with Crippen LogP contribution in [0.15, 0.2) is 29.3 Å². The number of nitrogens with two attached hydrogens (primary N) is 1. The molecule has 0 unspecified atom stereocenters. The first kappa shape index (κ1) is 16.5. The lowest BCUT2D eigenvalue weighted by atomic mass is 10.1. The number of aliphatic imine (C=N–C) groups is 1. The van der Waals surface area contributed by atoms with E-state index >= 15 is 0 Å². The maximum absolute atomic E-state index is 12.8. The van der Waals surface area contributed by atoms with Gasteiger partial charge in [0.05, 0.1) is 5.56 Å². The van der Waals surface area contributed by atoms with Crippen molar-refractivity contribution in [2.75, 3.05) is 31.1 Å². The third-order valence-electron chi connectivity index (χ3n) is 3.53. The van der Waals surface area contributed by atoms with Crippen LogP contribution in [-0.4, -0.2) is 43.1 Å². The standard InChI is InChI=1S/C15H21F3N4/c1-11(2)20-14(19)22-8-6-21(7-9-22)13-5-3-4-12(10-13)15(16,17)18/h3-5,10-11H,6-9H2,1-2H3,(H2,19,20). The molecule has 1 saturated heterocycles. The number of piperazine rings is 1. The summed E-state index contributed by atoms with van der Waals surface area (Å²) in [6.07, 6.45) is -4.31. The summed E-state index contributed by atoms with van der Waals surface area (Å²) in [6, 6.07) is 5.56. The summed E-state index contributed by atoms with van der Waals surface area (Å²) >= 11 is 0. The van der Waals surface area contributed by atoms with E-state index in [-0.39, 0.29) is 6.04 Å². The first-order valence-corrected chi connectivity index (χ1v) is 7.28. The van der Waals surface area contributed by atoms with E-state index in [1.807, 2.05) is 23.6 Å². The van der Waals surface area contributed by atoms with E-state index in [1.165, 1.54) is 12.1 Å². The van der Waals surface area contributed by atoms with Crippen LogP contribution in [0.1, 0.15) is 19.4 Å². The van der Waals surface area contributed by atoms with Crippen LogP contribution in [-0.2, 0) is 6.18 Å². The quantitative estimate of drug-likeness (QED) is 0.674. The number of anilines is 1. The average molecular weight is 314 g/mol. The molecule has 122 valence electrons. The molecule has 2 rings (SSSR count). The summed E-state index contributed by atoms with van der Waals surface area (Å²) in [5.41, 5.74) is 5.90. The number of guanidine groups is 1. The van der Waals surface area contributed by atoms with Crippen molar-refractivity contribution in [1.29, 1.82) is 0 Å². The molecule has 4 nitrogen and oxygen atoms in total. The Morgan fingerprint density at radius 3 is 2.36 bits per heavy atom. The Bertz CT molecular complexity index is 532. The first-order valence-electron chi connectivity index (χ1n) is 7.28. The highest BCUT2D eigenvalue weighted by atomic mass is 19.4. The van der Waals surface area contributed by atoms with Gasteiger partial charge in [-0.1, -0.05) is 6.07 Å². The van der Waals surface area contributed by atoms with Crippen LogP contribution in [0.25, 0.3) is 0 Å². The highest BCUT2D eigenvalue weighted by Gasteiger charge is 2.31. The Kier molecular flexibility index (Phi) is 4.83. The molecule has 0 atom stereocenters. The smallest absolute Gasteiger partial charge is 0.370 e. The number of benzene rings is 1. The van der Waals surface area contributed by atoms with E-state index in [0.29, 0.717) is 37.8 Å². The van der Waals surface area contributed by atoms with Gasteiger partial charge >= 0.3 is 6.18 Å². The van der Waals surface area contributed by atoms with E-state index in [1.54, 1.807) is 6.07 Å². The Labute approximate surface area is 128 Å². The second-order valence-electron chi connectivity index (χ2n) is 5.60. The van der Waals surface area contributed by atoms with Crippen molar-refractivity contribution in [2.45, 2.75) is 26.1 Å². The number of alkyl halides is 3. The lowest BCUT2D eigenvalue weighted by molar-refractivity contribution is -0.137. The van der Waals surface area contributed by atoms with Crippen molar-refractivity contribution >= 4 is 11.6 Å². The third kappa shape index (κ3) is 4.05. The molecule has 1 aromatic carbocycles. The highest BCUT2D eigenvalue weighted by molar-refractivity contribution is 5.78. The molecule has 1 aliphatic heterocycles. The molecule has 0 bridgehead atoms. The summed E-state index contributed by atoms with van der Waals surface area (Å²) in [6.45, 7) is 6.44. The molecule has 0 amide bonds. The summed E-state index contributed by atoms with van der Waals surface area (Å²) in [4.78, 5) is 8.20. The van der Waals surface area contributed by atoms with Crippen molar-refractivity contribution < 1.29 is 13.2 Å². The zero-order valence-electron chi connectivity index (χ0n) is 12.8. The normalized spacial score (nSPS) is 17.3. The van der Waals surface area contributed by atoms with Crippen molar-refractivity contribution in [3.05, 3.63) is 29.8 Å². The Hall–Kier alpha value is -1.92. The van der Waals surface area contributed by atoms with Crippen LogP contribution in [0.3, 0.4) is 0 Å². The molecular weight excluding hydrogens is 293 g/mol. The van der Waals surface area contributed by atoms with Gasteiger partial charge in [-0.25, -0.2) is 0 Å². The molecule has 1 aromatic rings. The summed E-state index contributed by atoms with van der Waals surface area (Å²) in [5, 5.41) is 0. The van der Waals surface area contributed by atoms with Crippen LogP contribution in [0, 0.1) is 0 Å². The van der Waals surface area contributed by atoms with Crippen molar-refractivity contribution in [3.8, 4) is 0 Å². The van der Waals surface area contributed by atoms with Crippen LogP contribution < -0.4 is 10.6 Å². The molecule has 2 N–H and O–H groups in total. The van der Waals surface area contributed by atoms with Crippen molar-refractivity contribution in [3.63, 3.8) is 0 Å². The Morgan fingerprint density at radius 1 is 1.18 bits per heavy atom. The maximum Gasteiger partial charge on any atom is 0.416 e. The zero-order chi connectivity index (χ0) is 16.3. The van der Waals surface area contributed by atoms with Gasteiger partial charge in [0.2, 0.25) is 0 Å². The number of rotatable bonds is 2. The highest BCUT2D eigenvalue weighted by Crippen LogP contribution is 2.31. The van der Waals surface area contributed by atoms with Gasteiger partial charge in [0, 0.05) is 37.9 Å². The van der Waals surface area contributed by atoms with Gasteiger partial charge < -0.3 is 15.5 Å². The van der Waals surface area contributed by atoms with Gasteiger partial charge in [0.15, 0.2) is 5.96 Å². The minimum absolute atomic E-state index is 0.126. The Morgan fingerprint density at radius 2 is 1.82 bits per heavy atom. The molecule has 22 heavy (non-hydrogen) atoms. The van der Waals surface area contributed by atoms with E-state index in [0.717, 1.165) is 6.07 Å². The molecule has 7 heteroatoms. The van der Waals surface area contributed by atoms with Crippen LogP contribution in [0.5, 0.6) is 0 Å². The van der Waals surface area contributed by atoms with E-state index < -0.39 is 11.7 Å². The van der Waals surface area contributed by atoms with E-state index in [2.05, 4.69) is 4.99 Å². The number of nitrogens with zero attached hydrogens (tertiary/aromatic N) is 3. The number of halogens is 3. The minimum Gasteiger partial charge on any atom is -0.370 e. The minimum atomic E-state index is -4.31. The molecule has 1 fully saturated rings. The van der Waals surface area contributed by atoms with Crippen LogP contribution >= 0.6 is 0 Å². The predicted molar refractivity (Wildman–Crippen MR) is 82.0 cm³/mol. The van der Waals surface area contributed by atoms with Gasteiger partial charge in [0.25, 0.3) is 0 Å². The Balaban J connectivity index is 2.03. The zero-order valence-corrected chi connectivity index (χ0v) is 12.8. The lowest BCUT2D eigenvalue weighted by Gasteiger charge is -2.37. The SMILES string of the molecule is CC(C)N=C(N)N1CCN(c2cccc(C(F)(F)F)c2)CC1. The van der Waals surface area contributed by atoms with E-state index in [9.17, 15) is 13.2 Å². The molecule has 1 heterocycles. The fourth-order valence-electron chi connectivity index (χ4n) is 2.42. The van der Waals surface area contributed by atoms with E-state index in [4.69, 9.17) is 5.73 Å². The largest absolute Gasteiger partial charge is 0.416 e. The summed E-state index contributed by atoms with van der Waals surface area (Å²) < 4.78 is 38.3. The van der Waals surface area contributed by atoms with Crippen LogP contribution in [0.2, 0.25) is 0 Å². The number of hydrogen-bond donors (Lipinski definition) is 1. The first-order chi connectivity index (χ1) is 10.3. The predicted octanol–water partition coefficient (Wildman–Crippen LogP) is 2.55. The fraction of sp³-hybridized carbons (Fsp3) is 0.533. The summed E-state index contributed by atoms with van der Waals surface area (Å²) in [5.74, 6) is 0.499. The molecule has 0 aromatic heterocycles. The van der Waals surface area contributed by atoms with Crippen molar-refractivity contribution in [1.82, 2.24) is 4.90 Å². The van der Waals surface area contributed by atoms with Gasteiger partial charge in [-0.2, -0.15) is 13.2 Å². The summed E-state index contributed by atoms with van der Waals surface area (Å²) in [7, 11) is 0. The monoisotopic (exact) mass is 314 g/mol. The maximum atomic E-state index is 12.8. The van der Waals surface area contributed by atoms with Gasteiger partial charge in [-0.05, 0) is 32.0 Å². The topological polar surface area (TPSA) is 44.9 Å². The molecule has 0 saturated carbocycles. The second-order valence-corrected chi connectivity index (χ2v) is 5.60. The number of hydrogen-bond acceptors (Lipinski definition) is 2. The molecular formula is C15H21F3N4. The molecule has 0 radical (unpaired) electrons. The second kappa shape index (κ2) is 6.46. The van der Waals surface area contributed by atoms with Gasteiger partial charge in [-0.15, -0.1) is 0 Å². The van der Waals surface area contributed by atoms with Gasteiger partial charge in [-0.3, -0.25) is 4.99 Å².